The Labute approximate surface area is 167 Å². The van der Waals surface area contributed by atoms with E-state index >= 15 is 0 Å². The topological polar surface area (TPSA) is 66.8 Å². The quantitative estimate of drug-likeness (QED) is 0.769. The molecule has 5 nitrogen and oxygen atoms in total. The van der Waals surface area contributed by atoms with E-state index in [-0.39, 0.29) is 23.2 Å². The molecule has 0 radical (unpaired) electrons. The highest BCUT2D eigenvalue weighted by atomic mass is 16.5. The van der Waals surface area contributed by atoms with Crippen LogP contribution in [0.25, 0.3) is 0 Å². The Bertz CT molecular complexity index is 767. The Morgan fingerprint density at radius 1 is 1.18 bits per heavy atom. The molecule has 0 bridgehead atoms. The Kier molecular flexibility index (Phi) is 5.82. The number of nitrogens with zero attached hydrogens (tertiary/aromatic N) is 1. The number of carbonyl (C=O) groups excluding carboxylic acids is 2. The fourth-order valence-corrected chi connectivity index (χ4v) is 4.11. The number of hydrogen-bond donors (Lipinski definition) is 1. The molecular formula is C23H31NO4. The molecule has 1 amide bonds. The van der Waals surface area contributed by atoms with Crippen LogP contribution in [0.15, 0.2) is 35.6 Å². The number of hydrogen-bond acceptors (Lipinski definition) is 4. The number of rotatable bonds is 6. The number of aliphatic hydroxyl groups is 1. The largest absolute Gasteiger partial charge is 0.503 e. The van der Waals surface area contributed by atoms with Crippen molar-refractivity contribution >= 4 is 11.7 Å². The molecule has 1 saturated carbocycles. The lowest BCUT2D eigenvalue weighted by Crippen LogP contribution is -2.39. The van der Waals surface area contributed by atoms with Crippen LogP contribution in [0.3, 0.4) is 0 Å². The van der Waals surface area contributed by atoms with Crippen LogP contribution in [0.2, 0.25) is 0 Å². The number of benzene rings is 1. The van der Waals surface area contributed by atoms with Gasteiger partial charge < -0.3 is 14.7 Å². The minimum Gasteiger partial charge on any atom is -0.503 e. The monoisotopic (exact) mass is 385 g/mol. The highest BCUT2D eigenvalue weighted by Gasteiger charge is 2.48. The minimum absolute atomic E-state index is 0.0564. The summed E-state index contributed by atoms with van der Waals surface area (Å²) in [6.07, 6.45) is 4.87. The van der Waals surface area contributed by atoms with Gasteiger partial charge in [-0.25, -0.2) is 0 Å². The van der Waals surface area contributed by atoms with Crippen molar-refractivity contribution in [3.8, 4) is 5.75 Å². The van der Waals surface area contributed by atoms with E-state index in [0.29, 0.717) is 6.61 Å². The average molecular weight is 386 g/mol. The van der Waals surface area contributed by atoms with E-state index < -0.39 is 17.4 Å². The van der Waals surface area contributed by atoms with Gasteiger partial charge in [0.25, 0.3) is 5.91 Å². The third-order valence-electron chi connectivity index (χ3n) is 5.56. The normalized spacial score (nSPS) is 20.9. The second-order valence-electron chi connectivity index (χ2n) is 8.81. The number of carbonyl (C=O) groups is 2. The lowest BCUT2D eigenvalue weighted by molar-refractivity contribution is -0.131. The van der Waals surface area contributed by atoms with E-state index in [1.54, 1.807) is 4.90 Å². The van der Waals surface area contributed by atoms with Crippen molar-refractivity contribution in [2.45, 2.75) is 71.9 Å². The maximum Gasteiger partial charge on any atom is 0.290 e. The molecule has 1 atom stereocenters. The molecule has 28 heavy (non-hydrogen) atoms. The van der Waals surface area contributed by atoms with E-state index in [2.05, 4.69) is 6.92 Å². The van der Waals surface area contributed by atoms with Gasteiger partial charge >= 0.3 is 0 Å². The maximum absolute atomic E-state index is 13.2. The second-order valence-corrected chi connectivity index (χ2v) is 8.81. The highest BCUT2D eigenvalue weighted by Crippen LogP contribution is 2.44. The van der Waals surface area contributed by atoms with Gasteiger partial charge in [-0.3, -0.25) is 9.59 Å². The maximum atomic E-state index is 13.2. The molecule has 152 valence electrons. The van der Waals surface area contributed by atoms with Crippen molar-refractivity contribution < 1.29 is 19.4 Å². The first-order valence-electron chi connectivity index (χ1n) is 10.3. The second kappa shape index (κ2) is 7.98. The van der Waals surface area contributed by atoms with E-state index in [4.69, 9.17) is 4.74 Å². The first-order chi connectivity index (χ1) is 13.3. The average Bonchev–Trinajstić information content (AvgIpc) is 3.26. The summed E-state index contributed by atoms with van der Waals surface area (Å²) < 4.78 is 5.66. The summed E-state index contributed by atoms with van der Waals surface area (Å²) in [5.41, 5.74) is 0.380. The Hall–Kier alpha value is -2.30. The first-order valence-corrected chi connectivity index (χ1v) is 10.3. The molecule has 0 spiro atoms. The lowest BCUT2D eigenvalue weighted by Gasteiger charge is -2.33. The molecule has 3 rings (SSSR count). The molecule has 2 aliphatic rings. The number of amides is 1. The van der Waals surface area contributed by atoms with E-state index in [1.165, 1.54) is 0 Å². The Morgan fingerprint density at radius 2 is 1.79 bits per heavy atom. The summed E-state index contributed by atoms with van der Waals surface area (Å²) >= 11 is 0. The summed E-state index contributed by atoms with van der Waals surface area (Å²) in [6.45, 7) is 8.14. The standard InChI is InChI=1S/C23H31NO4/c1-5-14-28-17-12-10-15(11-13-17)19-18(21(26)23(2,3)4)20(25)22(27)24(19)16-8-6-7-9-16/h10-13,16,19,25H,5-9,14H2,1-4H3. The van der Waals surface area contributed by atoms with Crippen molar-refractivity contribution in [1.82, 2.24) is 4.90 Å². The predicted molar refractivity (Wildman–Crippen MR) is 108 cm³/mol. The van der Waals surface area contributed by atoms with Gasteiger partial charge in [-0.05, 0) is 37.0 Å². The van der Waals surface area contributed by atoms with Crippen molar-refractivity contribution in [3.63, 3.8) is 0 Å². The summed E-state index contributed by atoms with van der Waals surface area (Å²) in [4.78, 5) is 27.9. The molecule has 1 aromatic rings. The fourth-order valence-electron chi connectivity index (χ4n) is 4.11. The Balaban J connectivity index is 2.02. The first kappa shape index (κ1) is 20.4. The molecule has 1 heterocycles. The van der Waals surface area contributed by atoms with Crippen LogP contribution in [0.4, 0.5) is 0 Å². The molecule has 1 aliphatic carbocycles. The van der Waals surface area contributed by atoms with Gasteiger partial charge in [0, 0.05) is 11.5 Å². The van der Waals surface area contributed by atoms with Crippen LogP contribution >= 0.6 is 0 Å². The van der Waals surface area contributed by atoms with Crippen molar-refractivity contribution in [1.29, 1.82) is 0 Å². The minimum atomic E-state index is -0.683. The van der Waals surface area contributed by atoms with Crippen LogP contribution in [0.5, 0.6) is 5.75 Å². The van der Waals surface area contributed by atoms with Crippen molar-refractivity contribution in [2.75, 3.05) is 6.61 Å². The van der Waals surface area contributed by atoms with Gasteiger partial charge in [0.05, 0.1) is 18.2 Å². The summed E-state index contributed by atoms with van der Waals surface area (Å²) in [7, 11) is 0. The fraction of sp³-hybridized carbons (Fsp3) is 0.565. The third kappa shape index (κ3) is 3.80. The van der Waals surface area contributed by atoms with Crippen LogP contribution in [0, 0.1) is 5.41 Å². The zero-order chi connectivity index (χ0) is 20.5. The van der Waals surface area contributed by atoms with Gasteiger partial charge in [0.2, 0.25) is 0 Å². The number of aliphatic hydroxyl groups excluding tert-OH is 1. The zero-order valence-electron chi connectivity index (χ0n) is 17.3. The van der Waals surface area contributed by atoms with Gasteiger partial charge in [-0.2, -0.15) is 0 Å². The molecule has 0 aromatic heterocycles. The summed E-state index contributed by atoms with van der Waals surface area (Å²) in [6, 6.07) is 7.07. The van der Waals surface area contributed by atoms with E-state index in [1.807, 2.05) is 45.0 Å². The summed E-state index contributed by atoms with van der Waals surface area (Å²) in [5.74, 6) is -0.228. The molecule has 1 aliphatic heterocycles. The van der Waals surface area contributed by atoms with Crippen LogP contribution in [-0.4, -0.2) is 34.3 Å². The van der Waals surface area contributed by atoms with Gasteiger partial charge in [-0.15, -0.1) is 0 Å². The SMILES string of the molecule is CCCOc1ccc(C2C(C(=O)C(C)(C)C)=C(O)C(=O)N2C2CCCC2)cc1. The van der Waals surface area contributed by atoms with Crippen LogP contribution in [0.1, 0.15) is 71.4 Å². The van der Waals surface area contributed by atoms with Crippen LogP contribution < -0.4 is 4.74 Å². The third-order valence-corrected chi connectivity index (χ3v) is 5.56. The number of ketones is 1. The highest BCUT2D eigenvalue weighted by molar-refractivity contribution is 6.10. The smallest absolute Gasteiger partial charge is 0.290 e. The van der Waals surface area contributed by atoms with Crippen molar-refractivity contribution in [3.05, 3.63) is 41.2 Å². The molecule has 1 N–H and O–H groups in total. The van der Waals surface area contributed by atoms with Crippen molar-refractivity contribution in [2.24, 2.45) is 5.41 Å². The van der Waals surface area contributed by atoms with Gasteiger partial charge in [-0.1, -0.05) is 52.7 Å². The molecule has 1 aromatic carbocycles. The molecule has 1 unspecified atom stereocenters. The van der Waals surface area contributed by atoms with E-state index in [0.717, 1.165) is 43.4 Å². The zero-order valence-corrected chi connectivity index (χ0v) is 17.3. The molecule has 5 heteroatoms. The molecule has 1 fully saturated rings. The number of Topliss-reactive ketones (excluding diaryl/α,β-unsaturated/α-hetero) is 1. The lowest BCUT2D eigenvalue weighted by atomic mass is 9.82. The van der Waals surface area contributed by atoms with Gasteiger partial charge in [0.15, 0.2) is 11.5 Å². The molecule has 0 saturated heterocycles. The predicted octanol–water partition coefficient (Wildman–Crippen LogP) is 4.73. The van der Waals surface area contributed by atoms with Crippen LogP contribution in [-0.2, 0) is 9.59 Å². The molecular weight excluding hydrogens is 354 g/mol. The Morgan fingerprint density at radius 3 is 2.32 bits per heavy atom. The number of ether oxygens (including phenoxy) is 1. The van der Waals surface area contributed by atoms with Gasteiger partial charge in [0.1, 0.15) is 5.75 Å². The van der Waals surface area contributed by atoms with E-state index in [9.17, 15) is 14.7 Å². The summed E-state index contributed by atoms with van der Waals surface area (Å²) in [5, 5.41) is 10.7.